The van der Waals surface area contributed by atoms with E-state index in [-0.39, 0.29) is 0 Å². The average Bonchev–Trinajstić information content (AvgIpc) is 4.22. The summed E-state index contributed by atoms with van der Waals surface area (Å²) in [5.74, 6) is 0. The van der Waals surface area contributed by atoms with Crippen molar-refractivity contribution in [1.29, 1.82) is 0 Å². The first-order valence-corrected chi connectivity index (χ1v) is 26.5. The van der Waals surface area contributed by atoms with Crippen LogP contribution in [-0.2, 0) is 10.8 Å². The van der Waals surface area contributed by atoms with Crippen molar-refractivity contribution in [2.24, 2.45) is 0 Å². The lowest BCUT2D eigenvalue weighted by molar-refractivity contribution is 0.748. The van der Waals surface area contributed by atoms with Crippen molar-refractivity contribution < 1.29 is 0 Å². The number of hydrogen-bond donors (Lipinski definition) is 0. The summed E-state index contributed by atoms with van der Waals surface area (Å²) in [5.41, 5.74) is 26.5. The third-order valence-corrected chi connectivity index (χ3v) is 17.1. The Morgan fingerprint density at radius 3 is 1.42 bits per heavy atom. The molecule has 16 rings (SSSR count). The van der Waals surface area contributed by atoms with Gasteiger partial charge in [0.1, 0.15) is 0 Å². The molecule has 12 aromatic carbocycles. The Balaban J connectivity index is 0.796. The van der Waals surface area contributed by atoms with Gasteiger partial charge in [-0.05, 0) is 150 Å². The van der Waals surface area contributed by atoms with E-state index in [2.05, 4.69) is 301 Å². The highest BCUT2D eigenvalue weighted by atomic mass is 15.1. The molecule has 1 aliphatic heterocycles. The van der Waals surface area contributed by atoms with Crippen LogP contribution in [0.2, 0.25) is 0 Å². The lowest BCUT2D eigenvalue weighted by Crippen LogP contribution is -2.33. The predicted octanol–water partition coefficient (Wildman–Crippen LogP) is 18.6. The van der Waals surface area contributed by atoms with E-state index >= 15 is 0 Å². The number of aromatic nitrogens is 1. The van der Waals surface area contributed by atoms with Gasteiger partial charge in [-0.3, -0.25) is 0 Å². The molecule has 1 spiro atoms. The SMILES string of the molecule is c1ccc(N(c2ccc(-c3ccc4c(c3)-c3ccccc3C4(c3ccccc3)c3ccccc3)cc2)c2cccc(-c3ccc4c(c3)-c3ccccc3C43c4ccccc4-n4c5ccccc5c5cccc3c54)c2)cc1. The molecule has 0 fully saturated rings. The average molecular weight is 965 g/mol. The molecule has 2 heteroatoms. The largest absolute Gasteiger partial charge is 0.310 e. The van der Waals surface area contributed by atoms with Gasteiger partial charge in [0.05, 0.1) is 27.6 Å². The van der Waals surface area contributed by atoms with E-state index in [1.54, 1.807) is 0 Å². The van der Waals surface area contributed by atoms with Crippen molar-refractivity contribution in [3.63, 3.8) is 0 Å². The summed E-state index contributed by atoms with van der Waals surface area (Å²) in [6.45, 7) is 0. The molecule has 1 aromatic heterocycles. The van der Waals surface area contributed by atoms with E-state index in [1.807, 2.05) is 0 Å². The van der Waals surface area contributed by atoms with E-state index in [0.29, 0.717) is 0 Å². The number of anilines is 3. The molecule has 354 valence electrons. The maximum atomic E-state index is 2.52. The van der Waals surface area contributed by atoms with E-state index in [1.165, 1.54) is 117 Å². The molecule has 76 heavy (non-hydrogen) atoms. The van der Waals surface area contributed by atoms with Crippen LogP contribution in [0.25, 0.3) is 72.0 Å². The summed E-state index contributed by atoms with van der Waals surface area (Å²) in [7, 11) is 0. The third-order valence-electron chi connectivity index (χ3n) is 17.1. The molecule has 3 aliphatic rings. The van der Waals surface area contributed by atoms with Gasteiger partial charge in [0.25, 0.3) is 0 Å². The van der Waals surface area contributed by atoms with Crippen molar-refractivity contribution >= 4 is 38.9 Å². The molecule has 0 bridgehead atoms. The molecule has 0 saturated heterocycles. The van der Waals surface area contributed by atoms with Crippen molar-refractivity contribution in [1.82, 2.24) is 4.57 Å². The van der Waals surface area contributed by atoms with Crippen LogP contribution in [0.4, 0.5) is 17.1 Å². The topological polar surface area (TPSA) is 8.17 Å². The van der Waals surface area contributed by atoms with E-state index < -0.39 is 10.8 Å². The van der Waals surface area contributed by atoms with Crippen molar-refractivity contribution in [2.75, 3.05) is 4.90 Å². The van der Waals surface area contributed by atoms with E-state index in [0.717, 1.165) is 17.1 Å². The van der Waals surface area contributed by atoms with Crippen LogP contribution in [0.15, 0.2) is 291 Å². The molecule has 13 aromatic rings. The summed E-state index contributed by atoms with van der Waals surface area (Å²) < 4.78 is 2.52. The van der Waals surface area contributed by atoms with Gasteiger partial charge < -0.3 is 9.47 Å². The number of para-hydroxylation sites is 4. The molecule has 0 saturated carbocycles. The summed E-state index contributed by atoms with van der Waals surface area (Å²) in [4.78, 5) is 2.39. The van der Waals surface area contributed by atoms with Crippen LogP contribution in [0.1, 0.15) is 44.5 Å². The van der Waals surface area contributed by atoms with E-state index in [4.69, 9.17) is 0 Å². The first-order chi connectivity index (χ1) is 37.7. The number of benzene rings is 12. The Hall–Kier alpha value is -9.76. The zero-order valence-electron chi connectivity index (χ0n) is 41.6. The molecule has 0 N–H and O–H groups in total. The number of rotatable bonds is 7. The molecule has 0 radical (unpaired) electrons. The van der Waals surface area contributed by atoms with Crippen molar-refractivity contribution in [3.8, 4) is 50.2 Å². The first kappa shape index (κ1) is 42.7. The summed E-state index contributed by atoms with van der Waals surface area (Å²) in [6, 6.07) is 108. The van der Waals surface area contributed by atoms with Gasteiger partial charge in [-0.1, -0.05) is 231 Å². The quantitative estimate of drug-likeness (QED) is 0.155. The molecule has 2 aliphatic carbocycles. The zero-order chi connectivity index (χ0) is 50.0. The molecular formula is C74H48N2. The highest BCUT2D eigenvalue weighted by molar-refractivity contribution is 6.13. The normalized spacial score (nSPS) is 15.0. The van der Waals surface area contributed by atoms with Crippen LogP contribution >= 0.6 is 0 Å². The molecule has 1 atom stereocenters. The van der Waals surface area contributed by atoms with Gasteiger partial charge in [0.15, 0.2) is 0 Å². The molecular weight excluding hydrogens is 917 g/mol. The fourth-order valence-corrected chi connectivity index (χ4v) is 14.0. The van der Waals surface area contributed by atoms with Crippen LogP contribution < -0.4 is 4.90 Å². The fourth-order valence-electron chi connectivity index (χ4n) is 14.0. The minimum Gasteiger partial charge on any atom is -0.310 e. The smallest absolute Gasteiger partial charge is 0.0754 e. The van der Waals surface area contributed by atoms with Gasteiger partial charge in [-0.15, -0.1) is 0 Å². The second-order valence-corrected chi connectivity index (χ2v) is 20.7. The summed E-state index contributed by atoms with van der Waals surface area (Å²) >= 11 is 0. The minimum absolute atomic E-state index is 0.422. The Kier molecular flexibility index (Phi) is 9.20. The second kappa shape index (κ2) is 16.4. The van der Waals surface area contributed by atoms with E-state index in [9.17, 15) is 0 Å². The Bertz CT molecular complexity index is 4410. The van der Waals surface area contributed by atoms with Gasteiger partial charge in [0, 0.05) is 27.8 Å². The minimum atomic E-state index is -0.484. The molecule has 1 unspecified atom stereocenters. The molecule has 2 nitrogen and oxygen atoms in total. The Morgan fingerprint density at radius 1 is 0.263 bits per heavy atom. The Morgan fingerprint density at radius 2 is 0.724 bits per heavy atom. The van der Waals surface area contributed by atoms with Crippen molar-refractivity contribution in [2.45, 2.75) is 10.8 Å². The maximum absolute atomic E-state index is 2.52. The third kappa shape index (κ3) is 5.81. The maximum Gasteiger partial charge on any atom is 0.0754 e. The summed E-state index contributed by atoms with van der Waals surface area (Å²) in [6.07, 6.45) is 0. The number of nitrogens with zero attached hydrogens (tertiary/aromatic N) is 2. The molecule has 2 heterocycles. The van der Waals surface area contributed by atoms with Crippen molar-refractivity contribution in [3.05, 3.63) is 336 Å². The predicted molar refractivity (Wildman–Crippen MR) is 315 cm³/mol. The first-order valence-electron chi connectivity index (χ1n) is 26.5. The molecule has 0 amide bonds. The van der Waals surface area contributed by atoms with Gasteiger partial charge >= 0.3 is 0 Å². The monoisotopic (exact) mass is 964 g/mol. The highest BCUT2D eigenvalue weighted by Gasteiger charge is 2.51. The van der Waals surface area contributed by atoms with Crippen LogP contribution in [0.3, 0.4) is 0 Å². The highest BCUT2D eigenvalue weighted by Crippen LogP contribution is 2.62. The van der Waals surface area contributed by atoms with Crippen LogP contribution in [-0.4, -0.2) is 4.57 Å². The fraction of sp³-hybridized carbons (Fsp3) is 0.0270. The van der Waals surface area contributed by atoms with Crippen LogP contribution in [0.5, 0.6) is 0 Å². The second-order valence-electron chi connectivity index (χ2n) is 20.7. The van der Waals surface area contributed by atoms with Gasteiger partial charge in [-0.25, -0.2) is 0 Å². The lowest BCUT2D eigenvalue weighted by Gasteiger charge is -2.39. The number of hydrogen-bond acceptors (Lipinski definition) is 1. The lowest BCUT2D eigenvalue weighted by atomic mass is 9.65. The zero-order valence-corrected chi connectivity index (χ0v) is 41.6. The Labute approximate surface area is 442 Å². The number of fused-ring (bicyclic) bond motifs is 15. The van der Waals surface area contributed by atoms with Gasteiger partial charge in [-0.2, -0.15) is 0 Å². The standard InChI is InChI=1S/C74H48N2/c1-4-21-53(22-5-1)73(54-23-6-2-7-24-54)64-32-13-10-28-58(64)62-47-51(40-44-66(62)73)49-38-42-56(43-39-49)75(55-25-8-3-9-26-55)57-27-18-20-50(46-57)52-41-45-67-63(48-52)59-29-11-14-33-65(59)74(67)68-34-15-17-37-71(68)76-70-36-16-12-30-60(70)61-31-19-35-69(74)72(61)76/h1-48H. The van der Waals surface area contributed by atoms with Gasteiger partial charge in [0.2, 0.25) is 0 Å². The summed E-state index contributed by atoms with van der Waals surface area (Å²) in [5, 5.41) is 2.58. The van der Waals surface area contributed by atoms with Crippen LogP contribution in [0, 0.1) is 0 Å².